The van der Waals surface area contributed by atoms with Crippen LogP contribution in [-0.2, 0) is 54.2 Å². The van der Waals surface area contributed by atoms with E-state index in [9.17, 15) is 33.6 Å². The third-order valence-electron chi connectivity index (χ3n) is 11.2. The number of likely N-dealkylation sites (N-methyl/N-ethyl adjacent to an activating group) is 2. The summed E-state index contributed by atoms with van der Waals surface area (Å²) in [4.78, 5) is 99.0. The second-order valence-electron chi connectivity index (χ2n) is 16.7. The van der Waals surface area contributed by atoms with Crippen LogP contribution in [0.3, 0.4) is 0 Å². The Hall–Kier alpha value is -4.70. The summed E-state index contributed by atoms with van der Waals surface area (Å²) in [6, 6.07) is 4.65. The Labute approximate surface area is 372 Å². The molecular weight excluding hydrogens is 815 g/mol. The van der Waals surface area contributed by atoms with Crippen LogP contribution < -0.4 is 16.0 Å². The minimum Gasteiger partial charge on any atom is -0.456 e. The zero-order valence-electron chi connectivity index (χ0n) is 38.9. The van der Waals surface area contributed by atoms with Gasteiger partial charge in [0.25, 0.3) is 5.91 Å². The Balaban J connectivity index is 2.68. The lowest BCUT2D eigenvalue weighted by Gasteiger charge is -2.33. The molecule has 3 N–H and O–H groups in total. The minimum absolute atomic E-state index is 0.0614. The monoisotopic (exact) mass is 885 g/mol. The molecule has 2 rings (SSSR count). The van der Waals surface area contributed by atoms with Crippen LogP contribution in [0.1, 0.15) is 94.1 Å². The lowest BCUT2D eigenvalue weighted by atomic mass is 9.90. The first-order valence-electron chi connectivity index (χ1n) is 21.4. The van der Waals surface area contributed by atoms with Crippen LogP contribution in [0, 0.1) is 17.8 Å². The van der Waals surface area contributed by atoms with Crippen molar-refractivity contribution >= 4 is 53.2 Å². The van der Waals surface area contributed by atoms with E-state index in [-0.39, 0.29) is 36.7 Å². The number of nitrogens with one attached hydrogen (secondary N) is 3. The molecule has 1 aromatic rings. The molecule has 1 aliphatic rings. The highest BCUT2D eigenvalue weighted by molar-refractivity contribution is 7.98. The molecule has 0 saturated heterocycles. The Morgan fingerprint density at radius 1 is 0.919 bits per heavy atom. The number of rotatable bonds is 10. The van der Waals surface area contributed by atoms with Crippen molar-refractivity contribution in [1.82, 2.24) is 25.8 Å². The topological polar surface area (TPSA) is 190 Å². The van der Waals surface area contributed by atoms with Crippen LogP contribution in [-0.4, -0.2) is 127 Å². The second-order valence-corrected chi connectivity index (χ2v) is 17.6. The Morgan fingerprint density at radius 3 is 2.13 bits per heavy atom. The third kappa shape index (κ3) is 16.2. The summed E-state index contributed by atoms with van der Waals surface area (Å²) >= 11 is 1.46. The highest BCUT2D eigenvalue weighted by Crippen LogP contribution is 2.26. The van der Waals surface area contributed by atoms with E-state index in [4.69, 9.17) is 14.2 Å². The highest BCUT2D eigenvalue weighted by atomic mass is 32.2. The van der Waals surface area contributed by atoms with Crippen molar-refractivity contribution in [3.05, 3.63) is 59.2 Å². The summed E-state index contributed by atoms with van der Waals surface area (Å²) in [5, 5.41) is 8.17. The van der Waals surface area contributed by atoms with E-state index in [0.29, 0.717) is 12.4 Å². The first-order chi connectivity index (χ1) is 29.2. The molecule has 0 aliphatic carbocycles. The van der Waals surface area contributed by atoms with E-state index in [1.807, 2.05) is 72.1 Å². The Morgan fingerprint density at radius 2 is 1.55 bits per heavy atom. The Kier molecular flexibility index (Phi) is 22.5. The first-order valence-corrected chi connectivity index (χ1v) is 22.8. The van der Waals surface area contributed by atoms with Gasteiger partial charge in [-0.25, -0.2) is 9.59 Å². The number of esters is 2. The molecule has 62 heavy (non-hydrogen) atoms. The van der Waals surface area contributed by atoms with Gasteiger partial charge in [-0.3, -0.25) is 24.0 Å². The molecule has 0 radical (unpaired) electrons. The van der Waals surface area contributed by atoms with E-state index >= 15 is 0 Å². The SMILES string of the molecule is C/C=C(\C)[C@H]1OC(=O)[C@@H](C)NC(=O)[C@H]([C@@H](C)CC)NC(=O)CN(C)C(=O)[C@@H](Cc2ccccc2)N(C)C(=O)[C@H](C)NC(=O)[C@@H](CC(C)C)OC(=O)/C(C)=C/C[C@H](OCSC)[C@@H]1C. The average molecular weight is 886 g/mol. The number of carbonyl (C=O) groups is 7. The van der Waals surface area contributed by atoms with Gasteiger partial charge < -0.3 is 40.0 Å². The van der Waals surface area contributed by atoms with Gasteiger partial charge in [-0.2, -0.15) is 0 Å². The fraction of sp³-hybridized carbons (Fsp3) is 0.630. The number of allylic oxidation sites excluding steroid dienone is 1. The lowest BCUT2D eigenvalue weighted by molar-refractivity contribution is -0.155. The normalized spacial score (nSPS) is 28.0. The standard InChI is InChI=1S/C46H71N5O10S/c1-14-28(5)39-42(54)48-33(10)46(58)61-40(29(6)15-2)31(8)36(59-26-62-13)22-21-30(7)45(57)60-37(23-27(3)4)41(53)47-32(9)43(55)51(12)35(24-34-19-17-16-18-20-34)44(56)50(11)25-38(52)49-39/h15-21,27-28,31-33,35-37,39-40H,14,22-26H2,1-13H3,(H,47,53)(H,48,54)(H,49,52)/b29-15+,30-21+/t28-,31-,32-,33+,35+,36-,37+,39-,40+/m0/s1. The Bertz CT molecular complexity index is 1750. The number of ether oxygens (including phenoxy) is 3. The number of cyclic esters (lactones) is 2. The molecule has 0 unspecified atom stereocenters. The van der Waals surface area contributed by atoms with Gasteiger partial charge in [-0.1, -0.05) is 83.5 Å². The number of thioether (sulfide) groups is 1. The number of amides is 5. The first kappa shape index (κ1) is 53.4. The predicted molar refractivity (Wildman–Crippen MR) is 240 cm³/mol. The number of hydrogen-bond donors (Lipinski definition) is 3. The molecule has 1 aromatic carbocycles. The van der Waals surface area contributed by atoms with E-state index in [1.165, 1.54) is 49.5 Å². The van der Waals surface area contributed by atoms with E-state index < -0.39 is 96.4 Å². The van der Waals surface area contributed by atoms with Gasteiger partial charge in [-0.05, 0) is 76.7 Å². The molecule has 0 bridgehead atoms. The largest absolute Gasteiger partial charge is 0.456 e. The van der Waals surface area contributed by atoms with Crippen LogP contribution >= 0.6 is 11.8 Å². The van der Waals surface area contributed by atoms with Crippen LogP contribution in [0.5, 0.6) is 0 Å². The van der Waals surface area contributed by atoms with Crippen molar-refractivity contribution in [3.63, 3.8) is 0 Å². The van der Waals surface area contributed by atoms with Crippen molar-refractivity contribution in [2.24, 2.45) is 17.8 Å². The number of carbonyl (C=O) groups excluding carboxylic acids is 7. The summed E-state index contributed by atoms with van der Waals surface area (Å²) in [7, 11) is 2.88. The fourth-order valence-electron chi connectivity index (χ4n) is 6.91. The van der Waals surface area contributed by atoms with Crippen LogP contribution in [0.15, 0.2) is 53.6 Å². The van der Waals surface area contributed by atoms with Gasteiger partial charge in [0.2, 0.25) is 23.6 Å². The minimum atomic E-state index is -1.23. The molecule has 9 atom stereocenters. The van der Waals surface area contributed by atoms with Gasteiger partial charge >= 0.3 is 11.9 Å². The molecule has 0 spiro atoms. The molecule has 346 valence electrons. The third-order valence-corrected chi connectivity index (χ3v) is 11.6. The average Bonchev–Trinajstić information content (AvgIpc) is 3.24. The van der Waals surface area contributed by atoms with E-state index in [2.05, 4.69) is 16.0 Å². The van der Waals surface area contributed by atoms with Crippen LogP contribution in [0.2, 0.25) is 0 Å². The van der Waals surface area contributed by atoms with Gasteiger partial charge in [0, 0.05) is 32.0 Å². The molecule has 1 heterocycles. The summed E-state index contributed by atoms with van der Waals surface area (Å²) in [5.41, 5.74) is 1.71. The summed E-state index contributed by atoms with van der Waals surface area (Å²) in [5.74, 6) is -5.02. The number of hydrogen-bond acceptors (Lipinski definition) is 11. The van der Waals surface area contributed by atoms with Gasteiger partial charge in [-0.15, -0.1) is 11.8 Å². The van der Waals surface area contributed by atoms with E-state index in [0.717, 1.165) is 11.1 Å². The molecule has 16 heteroatoms. The lowest BCUT2D eigenvalue weighted by Crippen LogP contribution is -2.57. The van der Waals surface area contributed by atoms with Crippen molar-refractivity contribution in [1.29, 1.82) is 0 Å². The molecule has 15 nitrogen and oxygen atoms in total. The molecule has 5 amide bonds. The fourth-order valence-corrected chi connectivity index (χ4v) is 7.22. The van der Waals surface area contributed by atoms with Crippen molar-refractivity contribution in [2.75, 3.05) is 32.8 Å². The van der Waals surface area contributed by atoms with Gasteiger partial charge in [0.15, 0.2) is 6.10 Å². The van der Waals surface area contributed by atoms with Crippen LogP contribution in [0.25, 0.3) is 0 Å². The molecule has 0 fully saturated rings. The summed E-state index contributed by atoms with van der Waals surface area (Å²) in [6.07, 6.45) is 3.83. The van der Waals surface area contributed by atoms with E-state index in [1.54, 1.807) is 32.1 Å². The second kappa shape index (κ2) is 26.0. The number of benzene rings is 1. The van der Waals surface area contributed by atoms with Crippen molar-refractivity contribution in [3.8, 4) is 0 Å². The smallest absolute Gasteiger partial charge is 0.334 e. The zero-order chi connectivity index (χ0) is 46.8. The molecule has 0 saturated carbocycles. The van der Waals surface area contributed by atoms with Crippen molar-refractivity contribution < 1.29 is 47.8 Å². The molecule has 1 aliphatic heterocycles. The maximum Gasteiger partial charge on any atom is 0.334 e. The maximum absolute atomic E-state index is 14.2. The van der Waals surface area contributed by atoms with Gasteiger partial charge in [0.05, 0.1) is 18.6 Å². The molecular formula is C46H71N5O10S. The summed E-state index contributed by atoms with van der Waals surface area (Å²) < 4.78 is 18.1. The summed E-state index contributed by atoms with van der Waals surface area (Å²) in [6.45, 7) is 17.1. The molecule has 0 aromatic heterocycles. The maximum atomic E-state index is 14.2. The highest BCUT2D eigenvalue weighted by Gasteiger charge is 2.37. The predicted octanol–water partition coefficient (Wildman–Crippen LogP) is 4.58. The van der Waals surface area contributed by atoms with Gasteiger partial charge in [0.1, 0.15) is 30.3 Å². The van der Waals surface area contributed by atoms with Crippen LogP contribution in [0.4, 0.5) is 0 Å². The van der Waals surface area contributed by atoms with Crippen molar-refractivity contribution in [2.45, 2.75) is 137 Å². The quantitative estimate of drug-likeness (QED) is 0.170. The zero-order valence-corrected chi connectivity index (χ0v) is 39.8. The number of nitrogens with zero attached hydrogens (tertiary/aromatic N) is 2.